The van der Waals surface area contributed by atoms with E-state index in [0.717, 1.165) is 28.5 Å². The van der Waals surface area contributed by atoms with Gasteiger partial charge in [-0.1, -0.05) is 25.4 Å². The summed E-state index contributed by atoms with van der Waals surface area (Å²) in [5.74, 6) is 1.70. The highest BCUT2D eigenvalue weighted by Gasteiger charge is 2.20. The van der Waals surface area contributed by atoms with Crippen molar-refractivity contribution in [3.05, 3.63) is 29.2 Å². The lowest BCUT2D eigenvalue weighted by Crippen LogP contribution is -2.29. The number of aromatic nitrogens is 2. The third-order valence-electron chi connectivity index (χ3n) is 3.61. The summed E-state index contributed by atoms with van der Waals surface area (Å²) in [6.45, 7) is 8.90. The molecule has 4 nitrogen and oxygen atoms in total. The van der Waals surface area contributed by atoms with E-state index in [9.17, 15) is 0 Å². The van der Waals surface area contributed by atoms with Crippen molar-refractivity contribution in [1.82, 2.24) is 9.97 Å². The minimum absolute atomic E-state index is 0.438. The Morgan fingerprint density at radius 2 is 2.04 bits per heavy atom. The number of pyridine rings is 2. The van der Waals surface area contributed by atoms with Crippen LogP contribution in [-0.4, -0.2) is 27.6 Å². The summed E-state index contributed by atoms with van der Waals surface area (Å²) in [4.78, 5) is 8.62. The second kappa shape index (κ2) is 7.69. The first-order valence-corrected chi connectivity index (χ1v) is 9.23. The van der Waals surface area contributed by atoms with Crippen molar-refractivity contribution in [2.75, 3.05) is 12.4 Å². The normalized spacial score (nSPS) is 13.3. The van der Waals surface area contributed by atoms with Gasteiger partial charge in [-0.2, -0.15) is 11.8 Å². The highest BCUT2D eigenvalue weighted by Crippen LogP contribution is 2.32. The van der Waals surface area contributed by atoms with E-state index in [0.29, 0.717) is 22.9 Å². The molecular weight excluding hydrogens is 330 g/mol. The van der Waals surface area contributed by atoms with Crippen LogP contribution in [0.15, 0.2) is 18.5 Å². The Bertz CT molecular complexity index is 673. The quantitative estimate of drug-likeness (QED) is 0.748. The van der Waals surface area contributed by atoms with Crippen molar-refractivity contribution in [1.29, 1.82) is 0 Å². The van der Waals surface area contributed by atoms with Gasteiger partial charge in [0.15, 0.2) is 0 Å². The predicted molar refractivity (Wildman–Crippen MR) is 99.5 cm³/mol. The highest BCUT2D eigenvalue weighted by atomic mass is 35.5. The third kappa shape index (κ3) is 4.72. The summed E-state index contributed by atoms with van der Waals surface area (Å²) in [5, 5.41) is 2.80. The molecule has 0 fully saturated rings. The van der Waals surface area contributed by atoms with Gasteiger partial charge in [-0.3, -0.25) is 0 Å². The van der Waals surface area contributed by atoms with Crippen LogP contribution in [0.1, 0.15) is 39.7 Å². The van der Waals surface area contributed by atoms with Gasteiger partial charge in [0.1, 0.15) is 5.15 Å². The molecule has 2 N–H and O–H groups in total. The monoisotopic (exact) mass is 353 g/mol. The maximum absolute atomic E-state index is 6.25. The lowest BCUT2D eigenvalue weighted by molar-refractivity contribution is 0.303. The van der Waals surface area contributed by atoms with Crippen molar-refractivity contribution < 1.29 is 4.74 Å². The van der Waals surface area contributed by atoms with Crippen LogP contribution in [0.4, 0.5) is 0 Å². The van der Waals surface area contributed by atoms with Crippen LogP contribution in [0, 0.1) is 0 Å². The van der Waals surface area contributed by atoms with Gasteiger partial charge in [0.2, 0.25) is 5.88 Å². The molecule has 0 aliphatic carbocycles. The Morgan fingerprint density at radius 3 is 2.70 bits per heavy atom. The van der Waals surface area contributed by atoms with Crippen LogP contribution in [0.25, 0.3) is 10.8 Å². The van der Waals surface area contributed by atoms with Crippen LogP contribution < -0.4 is 10.5 Å². The van der Waals surface area contributed by atoms with E-state index in [1.807, 2.05) is 31.7 Å². The maximum Gasteiger partial charge on any atom is 0.222 e. The first kappa shape index (κ1) is 18.3. The number of nitrogens with two attached hydrogens (primary N) is 1. The Kier molecular flexibility index (Phi) is 6.12. The SMILES string of the molecule is CCSC(C)CCOc1ncc(C(C)(C)N)c2cc(Cl)ncc12. The lowest BCUT2D eigenvalue weighted by atomic mass is 9.93. The number of rotatable bonds is 7. The molecular formula is C17H24ClN3OS. The smallest absolute Gasteiger partial charge is 0.222 e. The molecule has 0 radical (unpaired) electrons. The van der Waals surface area contributed by atoms with E-state index in [-0.39, 0.29) is 0 Å². The number of fused-ring (bicyclic) bond motifs is 1. The largest absolute Gasteiger partial charge is 0.477 e. The van der Waals surface area contributed by atoms with Crippen molar-refractivity contribution >= 4 is 34.1 Å². The highest BCUT2D eigenvalue weighted by molar-refractivity contribution is 7.99. The summed E-state index contributed by atoms with van der Waals surface area (Å²) in [6, 6.07) is 1.82. The summed E-state index contributed by atoms with van der Waals surface area (Å²) >= 11 is 7.99. The zero-order chi connectivity index (χ0) is 17.0. The van der Waals surface area contributed by atoms with Gasteiger partial charge >= 0.3 is 0 Å². The van der Waals surface area contributed by atoms with Crippen molar-refractivity contribution in [3.63, 3.8) is 0 Å². The van der Waals surface area contributed by atoms with Gasteiger partial charge in [0, 0.05) is 23.2 Å². The number of ether oxygens (including phenoxy) is 1. The maximum atomic E-state index is 6.25. The molecule has 0 saturated heterocycles. The van der Waals surface area contributed by atoms with Crippen LogP contribution in [0.2, 0.25) is 5.15 Å². The summed E-state index contributed by atoms with van der Waals surface area (Å²) in [6.07, 6.45) is 4.46. The first-order chi connectivity index (χ1) is 10.8. The zero-order valence-corrected chi connectivity index (χ0v) is 15.7. The standard InChI is InChI=1S/C17H24ClN3OS/c1-5-23-11(2)6-7-22-16-13-9-20-15(18)8-12(13)14(10-21-16)17(3,4)19/h8-11H,5-7,19H2,1-4H3. The van der Waals surface area contributed by atoms with Gasteiger partial charge in [-0.25, -0.2) is 9.97 Å². The van der Waals surface area contributed by atoms with Crippen LogP contribution in [0.5, 0.6) is 5.88 Å². The summed E-state index contributed by atoms with van der Waals surface area (Å²) in [5.41, 5.74) is 6.67. The zero-order valence-electron chi connectivity index (χ0n) is 14.1. The van der Waals surface area contributed by atoms with E-state index in [1.165, 1.54) is 0 Å². The van der Waals surface area contributed by atoms with Crippen LogP contribution in [0.3, 0.4) is 0 Å². The van der Waals surface area contributed by atoms with Crippen molar-refractivity contribution in [2.24, 2.45) is 5.73 Å². The van der Waals surface area contributed by atoms with Gasteiger partial charge in [0.25, 0.3) is 0 Å². The molecule has 0 aliphatic heterocycles. The molecule has 2 aromatic heterocycles. The van der Waals surface area contributed by atoms with Crippen molar-refractivity contribution in [2.45, 2.75) is 44.9 Å². The minimum atomic E-state index is -0.513. The fourth-order valence-electron chi connectivity index (χ4n) is 2.40. The van der Waals surface area contributed by atoms with E-state index >= 15 is 0 Å². The topological polar surface area (TPSA) is 61.0 Å². The van der Waals surface area contributed by atoms with Crippen LogP contribution >= 0.6 is 23.4 Å². The fourth-order valence-corrected chi connectivity index (χ4v) is 3.39. The second-order valence-electron chi connectivity index (χ2n) is 6.15. The van der Waals surface area contributed by atoms with Gasteiger partial charge in [0.05, 0.1) is 12.0 Å². The second-order valence-corrected chi connectivity index (χ2v) is 8.26. The average Bonchev–Trinajstić information content (AvgIpc) is 2.46. The number of thioether (sulfide) groups is 1. The lowest BCUT2D eigenvalue weighted by Gasteiger charge is -2.22. The molecule has 0 bridgehead atoms. The van der Waals surface area contributed by atoms with Crippen LogP contribution in [-0.2, 0) is 5.54 Å². The Balaban J connectivity index is 2.28. The average molecular weight is 354 g/mol. The number of hydrogen-bond donors (Lipinski definition) is 1. The molecule has 6 heteroatoms. The molecule has 0 amide bonds. The molecule has 1 atom stereocenters. The van der Waals surface area contributed by atoms with Gasteiger partial charge < -0.3 is 10.5 Å². The Labute approximate surface area is 147 Å². The molecule has 2 rings (SSSR count). The van der Waals surface area contributed by atoms with Gasteiger partial charge in [-0.15, -0.1) is 0 Å². The molecule has 0 aromatic carbocycles. The minimum Gasteiger partial charge on any atom is -0.477 e. The van der Waals surface area contributed by atoms with E-state index in [2.05, 4.69) is 23.8 Å². The number of hydrogen-bond acceptors (Lipinski definition) is 5. The predicted octanol–water partition coefficient (Wildman–Crippen LogP) is 4.39. The molecule has 0 aliphatic rings. The molecule has 0 saturated carbocycles. The number of nitrogens with zero attached hydrogens (tertiary/aromatic N) is 2. The summed E-state index contributed by atoms with van der Waals surface area (Å²) in [7, 11) is 0. The molecule has 1 unspecified atom stereocenters. The Morgan fingerprint density at radius 1 is 1.30 bits per heavy atom. The third-order valence-corrected chi connectivity index (χ3v) is 4.96. The van der Waals surface area contributed by atoms with E-state index < -0.39 is 5.54 Å². The molecule has 23 heavy (non-hydrogen) atoms. The Hall–Kier alpha value is -1.04. The molecule has 2 heterocycles. The first-order valence-electron chi connectivity index (χ1n) is 7.81. The number of halogens is 1. The molecule has 0 spiro atoms. The van der Waals surface area contributed by atoms with Gasteiger partial charge in [-0.05, 0) is 43.0 Å². The van der Waals surface area contributed by atoms with E-state index in [4.69, 9.17) is 22.1 Å². The van der Waals surface area contributed by atoms with E-state index in [1.54, 1.807) is 12.4 Å². The fraction of sp³-hybridized carbons (Fsp3) is 0.529. The molecule has 126 valence electrons. The summed E-state index contributed by atoms with van der Waals surface area (Å²) < 4.78 is 5.90. The van der Waals surface area contributed by atoms with Crippen molar-refractivity contribution in [3.8, 4) is 5.88 Å². The molecule has 2 aromatic rings.